The lowest BCUT2D eigenvalue weighted by Crippen LogP contribution is -2.55. The molecule has 2 saturated heterocycles. The minimum atomic E-state index is -0.440. The van der Waals surface area contributed by atoms with Crippen molar-refractivity contribution in [2.24, 2.45) is 17.6 Å². The molecule has 5 nitrogen and oxygen atoms in total. The Balaban J connectivity index is 2.08. The number of piperidine rings is 1. The Morgan fingerprint density at radius 3 is 3.00 bits per heavy atom. The number of carbonyl (C=O) groups excluding carboxylic acids is 2. The molecule has 5 heteroatoms. The summed E-state index contributed by atoms with van der Waals surface area (Å²) in [5, 5.41) is 2.85. The molecule has 0 saturated carbocycles. The average molecular weight is 253 g/mol. The van der Waals surface area contributed by atoms with E-state index < -0.39 is 6.04 Å². The Bertz CT molecular complexity index is 345. The molecule has 2 heterocycles. The van der Waals surface area contributed by atoms with Crippen molar-refractivity contribution in [3.8, 4) is 0 Å². The normalized spacial score (nSPS) is 30.6. The van der Waals surface area contributed by atoms with Gasteiger partial charge in [-0.15, -0.1) is 0 Å². The molecule has 0 spiro atoms. The number of carbonyl (C=O) groups is 2. The highest BCUT2D eigenvalue weighted by molar-refractivity contribution is 5.86. The summed E-state index contributed by atoms with van der Waals surface area (Å²) in [5.74, 6) is 0.264. The Morgan fingerprint density at radius 2 is 2.33 bits per heavy atom. The molecule has 2 rings (SSSR count). The van der Waals surface area contributed by atoms with Gasteiger partial charge in [0.1, 0.15) is 0 Å². The Hall–Kier alpha value is -1.10. The summed E-state index contributed by atoms with van der Waals surface area (Å²) in [6, 6.07) is -0.418. The molecule has 0 bridgehead atoms. The summed E-state index contributed by atoms with van der Waals surface area (Å²) < 4.78 is 0. The van der Waals surface area contributed by atoms with Crippen LogP contribution in [0.2, 0.25) is 0 Å². The maximum absolute atomic E-state index is 12.4. The van der Waals surface area contributed by atoms with Gasteiger partial charge in [-0.3, -0.25) is 9.59 Å². The smallest absolute Gasteiger partial charge is 0.240 e. The number of nitrogens with zero attached hydrogens (tertiary/aromatic N) is 1. The standard InChI is InChI=1S/C13H23N3O2/c1-3-8(2)11(14)13(18)16-6-4-5-9-10(16)7-15-12(9)17/h8-11H,3-7,14H2,1-2H3,(H,15,17). The number of nitrogens with two attached hydrogens (primary N) is 1. The lowest BCUT2D eigenvalue weighted by atomic mass is 9.89. The fourth-order valence-corrected chi connectivity index (χ4v) is 2.91. The quantitative estimate of drug-likeness (QED) is 0.749. The van der Waals surface area contributed by atoms with Gasteiger partial charge in [0.2, 0.25) is 11.8 Å². The lowest BCUT2D eigenvalue weighted by molar-refractivity contribution is -0.139. The first-order valence-corrected chi connectivity index (χ1v) is 6.90. The zero-order valence-corrected chi connectivity index (χ0v) is 11.2. The van der Waals surface area contributed by atoms with Crippen LogP contribution in [0.4, 0.5) is 0 Å². The van der Waals surface area contributed by atoms with E-state index >= 15 is 0 Å². The topological polar surface area (TPSA) is 75.4 Å². The third-order valence-corrected chi connectivity index (χ3v) is 4.43. The zero-order chi connectivity index (χ0) is 13.3. The van der Waals surface area contributed by atoms with Crippen molar-refractivity contribution in [2.75, 3.05) is 13.1 Å². The van der Waals surface area contributed by atoms with Gasteiger partial charge >= 0.3 is 0 Å². The highest BCUT2D eigenvalue weighted by atomic mass is 16.2. The van der Waals surface area contributed by atoms with Crippen LogP contribution in [0.1, 0.15) is 33.1 Å². The van der Waals surface area contributed by atoms with Crippen molar-refractivity contribution in [3.63, 3.8) is 0 Å². The van der Waals surface area contributed by atoms with Crippen molar-refractivity contribution in [2.45, 2.75) is 45.2 Å². The highest BCUT2D eigenvalue weighted by Crippen LogP contribution is 2.28. The highest BCUT2D eigenvalue weighted by Gasteiger charge is 2.43. The first-order valence-electron chi connectivity index (χ1n) is 6.90. The van der Waals surface area contributed by atoms with Crippen molar-refractivity contribution >= 4 is 11.8 Å². The second-order valence-electron chi connectivity index (χ2n) is 5.50. The summed E-state index contributed by atoms with van der Waals surface area (Å²) >= 11 is 0. The molecule has 2 fully saturated rings. The summed E-state index contributed by atoms with van der Waals surface area (Å²) in [7, 11) is 0. The van der Waals surface area contributed by atoms with Gasteiger partial charge in [-0.1, -0.05) is 20.3 Å². The van der Waals surface area contributed by atoms with Crippen LogP contribution in [0, 0.1) is 11.8 Å². The minimum absolute atomic E-state index is 0.00977. The van der Waals surface area contributed by atoms with Gasteiger partial charge in [0, 0.05) is 13.1 Å². The molecule has 4 atom stereocenters. The zero-order valence-electron chi connectivity index (χ0n) is 11.2. The van der Waals surface area contributed by atoms with Gasteiger partial charge in [-0.25, -0.2) is 0 Å². The van der Waals surface area contributed by atoms with Gasteiger partial charge in [-0.2, -0.15) is 0 Å². The number of hydrogen-bond acceptors (Lipinski definition) is 3. The molecule has 2 aliphatic rings. The minimum Gasteiger partial charge on any atom is -0.354 e. The molecule has 102 valence electrons. The third-order valence-electron chi connectivity index (χ3n) is 4.43. The maximum Gasteiger partial charge on any atom is 0.240 e. The Labute approximate surface area is 108 Å². The van der Waals surface area contributed by atoms with Crippen LogP contribution in [0.5, 0.6) is 0 Å². The van der Waals surface area contributed by atoms with E-state index in [-0.39, 0.29) is 29.7 Å². The molecular weight excluding hydrogens is 230 g/mol. The Kier molecular flexibility index (Phi) is 3.90. The van der Waals surface area contributed by atoms with Gasteiger partial charge in [0.05, 0.1) is 18.0 Å². The van der Waals surface area contributed by atoms with E-state index in [1.807, 2.05) is 18.7 Å². The van der Waals surface area contributed by atoms with E-state index in [1.165, 1.54) is 0 Å². The first-order chi connectivity index (χ1) is 8.56. The van der Waals surface area contributed by atoms with Crippen molar-refractivity contribution in [1.29, 1.82) is 0 Å². The molecule has 2 amide bonds. The fourth-order valence-electron chi connectivity index (χ4n) is 2.91. The molecule has 2 aliphatic heterocycles. The van der Waals surface area contributed by atoms with Crippen LogP contribution >= 0.6 is 0 Å². The van der Waals surface area contributed by atoms with Crippen LogP contribution in [0.3, 0.4) is 0 Å². The van der Waals surface area contributed by atoms with Crippen molar-refractivity contribution in [1.82, 2.24) is 10.2 Å². The molecule has 0 aliphatic carbocycles. The second-order valence-corrected chi connectivity index (χ2v) is 5.50. The first kappa shape index (κ1) is 13.3. The van der Waals surface area contributed by atoms with Gasteiger partial charge in [-0.05, 0) is 18.8 Å². The predicted molar refractivity (Wildman–Crippen MR) is 68.7 cm³/mol. The van der Waals surface area contributed by atoms with E-state index in [0.29, 0.717) is 6.54 Å². The van der Waals surface area contributed by atoms with Crippen molar-refractivity contribution < 1.29 is 9.59 Å². The molecule has 18 heavy (non-hydrogen) atoms. The van der Waals surface area contributed by atoms with Crippen LogP contribution in [0.15, 0.2) is 0 Å². The number of rotatable bonds is 3. The molecule has 0 aromatic rings. The molecular formula is C13H23N3O2. The van der Waals surface area contributed by atoms with Crippen LogP contribution in [-0.2, 0) is 9.59 Å². The van der Waals surface area contributed by atoms with Crippen LogP contribution < -0.4 is 11.1 Å². The SMILES string of the molecule is CCC(C)C(N)C(=O)N1CCCC2C(=O)NCC21. The van der Waals surface area contributed by atoms with E-state index in [0.717, 1.165) is 25.8 Å². The van der Waals surface area contributed by atoms with Crippen molar-refractivity contribution in [3.05, 3.63) is 0 Å². The van der Waals surface area contributed by atoms with Crippen LogP contribution in [0.25, 0.3) is 0 Å². The maximum atomic E-state index is 12.4. The molecule has 0 aromatic carbocycles. The van der Waals surface area contributed by atoms with E-state index in [2.05, 4.69) is 5.32 Å². The third kappa shape index (κ3) is 2.23. The number of amides is 2. The van der Waals surface area contributed by atoms with Gasteiger partial charge in [0.15, 0.2) is 0 Å². The van der Waals surface area contributed by atoms with Gasteiger partial charge < -0.3 is 16.0 Å². The average Bonchev–Trinajstić information content (AvgIpc) is 2.78. The Morgan fingerprint density at radius 1 is 1.61 bits per heavy atom. The fraction of sp³-hybridized carbons (Fsp3) is 0.846. The number of fused-ring (bicyclic) bond motifs is 1. The van der Waals surface area contributed by atoms with Crippen LogP contribution in [-0.4, -0.2) is 41.9 Å². The monoisotopic (exact) mass is 253 g/mol. The van der Waals surface area contributed by atoms with Gasteiger partial charge in [0.25, 0.3) is 0 Å². The summed E-state index contributed by atoms with van der Waals surface area (Å²) in [5.41, 5.74) is 6.02. The lowest BCUT2D eigenvalue weighted by Gasteiger charge is -2.38. The molecule has 4 unspecified atom stereocenters. The second kappa shape index (κ2) is 5.26. The molecule has 3 N–H and O–H groups in total. The summed E-state index contributed by atoms with van der Waals surface area (Å²) in [4.78, 5) is 25.9. The number of hydrogen-bond donors (Lipinski definition) is 2. The van der Waals surface area contributed by atoms with E-state index in [9.17, 15) is 9.59 Å². The van der Waals surface area contributed by atoms with E-state index in [1.54, 1.807) is 0 Å². The molecule has 0 aromatic heterocycles. The number of likely N-dealkylation sites (tertiary alicyclic amines) is 1. The summed E-state index contributed by atoms with van der Waals surface area (Å²) in [6.07, 6.45) is 2.68. The van der Waals surface area contributed by atoms with E-state index in [4.69, 9.17) is 5.73 Å². The largest absolute Gasteiger partial charge is 0.354 e. The summed E-state index contributed by atoms with van der Waals surface area (Å²) in [6.45, 7) is 5.36. The molecule has 0 radical (unpaired) electrons. The number of nitrogens with one attached hydrogen (secondary N) is 1. The predicted octanol–water partition coefficient (Wildman–Crippen LogP) is 0.0968.